The number of nitrogens with one attached hydrogen (secondary N) is 3. The minimum Gasteiger partial charge on any atom is -0.340 e. The summed E-state index contributed by atoms with van der Waals surface area (Å²) in [7, 11) is -3.29. The van der Waals surface area contributed by atoms with Crippen molar-refractivity contribution in [2.45, 2.75) is 19.8 Å². The zero-order valence-electron chi connectivity index (χ0n) is 13.2. The van der Waals surface area contributed by atoms with Crippen molar-refractivity contribution in [2.75, 3.05) is 15.8 Å². The first kappa shape index (κ1) is 16.2. The van der Waals surface area contributed by atoms with Crippen LogP contribution in [-0.4, -0.2) is 34.3 Å². The number of aromatic nitrogens is 4. The number of anilines is 3. The molecule has 126 valence electrons. The molecule has 2 aromatic heterocycles. The average Bonchev–Trinajstić information content (AvgIpc) is 3.04. The highest BCUT2D eigenvalue weighted by Gasteiger charge is 2.10. The van der Waals surface area contributed by atoms with E-state index >= 15 is 0 Å². The molecular weight excluding hydrogens is 328 g/mol. The second kappa shape index (κ2) is 6.83. The molecule has 3 aromatic rings. The first-order valence-electron chi connectivity index (χ1n) is 7.59. The summed E-state index contributed by atoms with van der Waals surface area (Å²) in [6.45, 7) is 1.96. The van der Waals surface area contributed by atoms with Gasteiger partial charge in [0.15, 0.2) is 5.65 Å². The summed E-state index contributed by atoms with van der Waals surface area (Å²) in [6, 6.07) is 6.98. The number of benzene rings is 1. The molecule has 2 heterocycles. The normalized spacial score (nSPS) is 11.5. The van der Waals surface area contributed by atoms with Crippen LogP contribution >= 0.6 is 0 Å². The number of sulfonamides is 1. The third kappa shape index (κ3) is 3.80. The van der Waals surface area contributed by atoms with Crippen LogP contribution in [0.4, 0.5) is 17.2 Å². The Morgan fingerprint density at radius 1 is 1.12 bits per heavy atom. The Bertz CT molecular complexity index is 921. The quantitative estimate of drug-likeness (QED) is 0.606. The highest BCUT2D eigenvalue weighted by molar-refractivity contribution is 7.92. The number of hydrogen-bond donors (Lipinski definition) is 3. The van der Waals surface area contributed by atoms with Gasteiger partial charge in [-0.05, 0) is 30.7 Å². The van der Waals surface area contributed by atoms with Crippen LogP contribution in [0, 0.1) is 0 Å². The average molecular weight is 346 g/mol. The number of H-pyrrole nitrogens is 1. The van der Waals surface area contributed by atoms with Crippen molar-refractivity contribution in [3.63, 3.8) is 0 Å². The lowest BCUT2D eigenvalue weighted by atomic mass is 10.3. The maximum absolute atomic E-state index is 11.9. The molecule has 3 N–H and O–H groups in total. The fraction of sp³-hybridized carbons (Fsp3) is 0.267. The van der Waals surface area contributed by atoms with E-state index in [0.717, 1.165) is 17.5 Å². The third-order valence-corrected chi connectivity index (χ3v) is 4.81. The fourth-order valence-electron chi connectivity index (χ4n) is 2.19. The lowest BCUT2D eigenvalue weighted by Gasteiger charge is -2.09. The van der Waals surface area contributed by atoms with Gasteiger partial charge in [0.2, 0.25) is 10.0 Å². The molecule has 8 nitrogen and oxygen atoms in total. The monoisotopic (exact) mass is 346 g/mol. The SMILES string of the molecule is CCCCS(=O)(=O)Nc1ccc(Nc2ncnc3[nH]ncc23)cc1. The maximum Gasteiger partial charge on any atom is 0.232 e. The van der Waals surface area contributed by atoms with Crippen LogP contribution < -0.4 is 10.0 Å². The molecule has 0 bridgehead atoms. The molecule has 24 heavy (non-hydrogen) atoms. The van der Waals surface area contributed by atoms with E-state index in [-0.39, 0.29) is 5.75 Å². The Hall–Kier alpha value is -2.68. The van der Waals surface area contributed by atoms with Gasteiger partial charge in [-0.2, -0.15) is 5.10 Å². The molecule has 0 unspecified atom stereocenters. The minimum absolute atomic E-state index is 0.128. The Kier molecular flexibility index (Phi) is 4.61. The van der Waals surface area contributed by atoms with Crippen molar-refractivity contribution in [3.8, 4) is 0 Å². The van der Waals surface area contributed by atoms with Crippen LogP contribution in [-0.2, 0) is 10.0 Å². The largest absolute Gasteiger partial charge is 0.340 e. The summed E-state index contributed by atoms with van der Waals surface area (Å²) in [5.74, 6) is 0.758. The van der Waals surface area contributed by atoms with Crippen LogP contribution in [0.25, 0.3) is 11.0 Å². The Labute approximate surface area is 139 Å². The molecule has 0 fully saturated rings. The molecule has 0 aliphatic heterocycles. The number of fused-ring (bicyclic) bond motifs is 1. The second-order valence-corrected chi connectivity index (χ2v) is 7.17. The molecule has 1 aromatic carbocycles. The van der Waals surface area contributed by atoms with Gasteiger partial charge in [0.25, 0.3) is 0 Å². The van der Waals surface area contributed by atoms with E-state index in [1.165, 1.54) is 6.33 Å². The van der Waals surface area contributed by atoms with Gasteiger partial charge < -0.3 is 5.32 Å². The van der Waals surface area contributed by atoms with E-state index in [4.69, 9.17) is 0 Å². The van der Waals surface area contributed by atoms with Crippen LogP contribution in [0.2, 0.25) is 0 Å². The van der Waals surface area contributed by atoms with Crippen molar-refractivity contribution in [1.29, 1.82) is 0 Å². The molecule has 3 rings (SSSR count). The number of hydrogen-bond acceptors (Lipinski definition) is 6. The third-order valence-electron chi connectivity index (χ3n) is 3.44. The van der Waals surface area contributed by atoms with Gasteiger partial charge in [-0.3, -0.25) is 9.82 Å². The maximum atomic E-state index is 11.9. The zero-order valence-corrected chi connectivity index (χ0v) is 14.0. The van der Waals surface area contributed by atoms with Gasteiger partial charge in [0, 0.05) is 11.4 Å². The van der Waals surface area contributed by atoms with Gasteiger partial charge in [0.1, 0.15) is 12.1 Å². The molecule has 0 saturated heterocycles. The molecule has 0 saturated carbocycles. The number of nitrogens with zero attached hydrogens (tertiary/aromatic N) is 3. The zero-order chi connectivity index (χ0) is 17.0. The van der Waals surface area contributed by atoms with Crippen LogP contribution in [0.5, 0.6) is 0 Å². The lowest BCUT2D eigenvalue weighted by molar-refractivity contribution is 0.598. The predicted octanol–water partition coefficient (Wildman–Crippen LogP) is 2.64. The van der Waals surface area contributed by atoms with Crippen LogP contribution in [0.1, 0.15) is 19.8 Å². The van der Waals surface area contributed by atoms with E-state index in [1.807, 2.05) is 6.92 Å². The number of rotatable bonds is 7. The van der Waals surface area contributed by atoms with E-state index < -0.39 is 10.0 Å². The standard InChI is InChI=1S/C15H18N6O2S/c1-2-3-8-24(22,23)21-12-6-4-11(5-7-12)19-14-13-9-18-20-15(13)17-10-16-14/h4-7,9-10,21H,2-3,8H2,1H3,(H2,16,17,18,19,20). The molecule has 9 heteroatoms. The van der Waals surface area contributed by atoms with Crippen LogP contribution in [0.3, 0.4) is 0 Å². The summed E-state index contributed by atoms with van der Waals surface area (Å²) < 4.78 is 26.4. The summed E-state index contributed by atoms with van der Waals surface area (Å²) in [5.41, 5.74) is 1.97. The highest BCUT2D eigenvalue weighted by atomic mass is 32.2. The van der Waals surface area contributed by atoms with Crippen molar-refractivity contribution in [3.05, 3.63) is 36.8 Å². The van der Waals surface area contributed by atoms with Crippen LogP contribution in [0.15, 0.2) is 36.8 Å². The summed E-state index contributed by atoms with van der Waals surface area (Å²) in [5, 5.41) is 10.7. The smallest absolute Gasteiger partial charge is 0.232 e. The first-order chi connectivity index (χ1) is 11.6. The van der Waals surface area contributed by atoms with E-state index in [1.54, 1.807) is 30.5 Å². The number of aromatic amines is 1. The van der Waals surface area contributed by atoms with Gasteiger partial charge in [-0.25, -0.2) is 18.4 Å². The lowest BCUT2D eigenvalue weighted by Crippen LogP contribution is -2.16. The predicted molar refractivity (Wildman–Crippen MR) is 93.7 cm³/mol. The summed E-state index contributed by atoms with van der Waals surface area (Å²) in [6.07, 6.45) is 4.57. The van der Waals surface area contributed by atoms with Gasteiger partial charge in [-0.15, -0.1) is 0 Å². The Balaban J connectivity index is 1.72. The summed E-state index contributed by atoms with van der Waals surface area (Å²) in [4.78, 5) is 8.27. The molecule has 0 atom stereocenters. The van der Waals surface area contributed by atoms with Crippen molar-refractivity contribution < 1.29 is 8.42 Å². The second-order valence-electron chi connectivity index (χ2n) is 5.33. The van der Waals surface area contributed by atoms with Crippen molar-refractivity contribution in [2.24, 2.45) is 0 Å². The topological polar surface area (TPSA) is 113 Å². The molecular formula is C15H18N6O2S. The minimum atomic E-state index is -3.29. The van der Waals surface area contributed by atoms with Gasteiger partial charge in [0.05, 0.1) is 17.3 Å². The summed E-state index contributed by atoms with van der Waals surface area (Å²) >= 11 is 0. The molecule has 0 amide bonds. The van der Waals surface area contributed by atoms with Crippen molar-refractivity contribution >= 4 is 38.2 Å². The molecule has 0 aliphatic rings. The van der Waals surface area contributed by atoms with Crippen molar-refractivity contribution in [1.82, 2.24) is 20.2 Å². The number of unbranched alkanes of at least 4 members (excludes halogenated alkanes) is 1. The molecule has 0 aliphatic carbocycles. The van der Waals surface area contributed by atoms with E-state index in [9.17, 15) is 8.42 Å². The van der Waals surface area contributed by atoms with E-state index in [0.29, 0.717) is 23.6 Å². The molecule has 0 radical (unpaired) electrons. The van der Waals surface area contributed by atoms with Gasteiger partial charge in [-0.1, -0.05) is 13.3 Å². The molecule has 0 spiro atoms. The fourth-order valence-corrected chi connectivity index (χ4v) is 3.45. The Morgan fingerprint density at radius 2 is 1.88 bits per heavy atom. The highest BCUT2D eigenvalue weighted by Crippen LogP contribution is 2.22. The van der Waals surface area contributed by atoms with E-state index in [2.05, 4.69) is 30.2 Å². The van der Waals surface area contributed by atoms with Gasteiger partial charge >= 0.3 is 0 Å². The Morgan fingerprint density at radius 3 is 2.62 bits per heavy atom. The first-order valence-corrected chi connectivity index (χ1v) is 9.24.